The first kappa shape index (κ1) is 15.1. The summed E-state index contributed by atoms with van der Waals surface area (Å²) in [6, 6.07) is 0. The Bertz CT molecular complexity index is 459. The van der Waals surface area contributed by atoms with Gasteiger partial charge in [0.05, 0.1) is 21.3 Å². The van der Waals surface area contributed by atoms with Gasteiger partial charge in [-0.05, 0) is 40.5 Å². The number of ether oxygens (including phenoxy) is 1. The Morgan fingerprint density at radius 2 is 2.05 bits per heavy atom. The maximum absolute atomic E-state index is 12.5. The molecule has 1 fully saturated rings. The highest BCUT2D eigenvalue weighted by molar-refractivity contribution is 7.84. The molecule has 1 aliphatic heterocycles. The van der Waals surface area contributed by atoms with Crippen molar-refractivity contribution in [2.24, 2.45) is 0 Å². The Balaban J connectivity index is 2.28. The monoisotopic (exact) mass is 302 g/mol. The molecule has 2 heterocycles. The van der Waals surface area contributed by atoms with Crippen LogP contribution < -0.4 is 4.72 Å². The van der Waals surface area contributed by atoms with E-state index in [1.54, 1.807) is 11.3 Å². The first-order valence-corrected chi connectivity index (χ1v) is 8.50. The zero-order chi connectivity index (χ0) is 14.1. The number of aromatic nitrogens is 1. The largest absolute Gasteiger partial charge is 0.381 e. The molecule has 1 aromatic rings. The van der Waals surface area contributed by atoms with Crippen molar-refractivity contribution in [1.82, 2.24) is 9.71 Å². The van der Waals surface area contributed by atoms with Gasteiger partial charge < -0.3 is 4.74 Å². The van der Waals surface area contributed by atoms with Crippen molar-refractivity contribution in [3.63, 3.8) is 0 Å². The maximum atomic E-state index is 12.5. The summed E-state index contributed by atoms with van der Waals surface area (Å²) in [6.45, 7) is 9.37. The van der Waals surface area contributed by atoms with E-state index in [-0.39, 0.29) is 10.3 Å². The van der Waals surface area contributed by atoms with E-state index in [9.17, 15) is 4.21 Å². The Morgan fingerprint density at radius 1 is 1.42 bits per heavy atom. The quantitative estimate of drug-likeness (QED) is 0.933. The number of nitrogens with zero attached hydrogens (tertiary/aromatic N) is 1. The lowest BCUT2D eigenvalue weighted by atomic mass is 9.92. The van der Waals surface area contributed by atoms with Crippen LogP contribution in [0.2, 0.25) is 0 Å². The second kappa shape index (κ2) is 5.60. The first-order valence-electron chi connectivity index (χ1n) is 6.54. The molecule has 0 bridgehead atoms. The van der Waals surface area contributed by atoms with Crippen LogP contribution in [-0.4, -0.2) is 27.2 Å². The fraction of sp³-hybridized carbons (Fsp3) is 0.769. The molecule has 0 spiro atoms. The normalized spacial score (nSPS) is 21.3. The molecule has 0 aliphatic carbocycles. The zero-order valence-electron chi connectivity index (χ0n) is 12.0. The van der Waals surface area contributed by atoms with Gasteiger partial charge in [-0.25, -0.2) is 13.9 Å². The van der Waals surface area contributed by atoms with E-state index < -0.39 is 11.0 Å². The molecule has 1 saturated heterocycles. The van der Waals surface area contributed by atoms with E-state index in [2.05, 4.69) is 16.6 Å². The topological polar surface area (TPSA) is 51.2 Å². The fourth-order valence-corrected chi connectivity index (χ4v) is 3.98. The van der Waals surface area contributed by atoms with Gasteiger partial charge in [-0.15, -0.1) is 11.3 Å². The Kier molecular flexibility index (Phi) is 4.45. The molecule has 2 rings (SSSR count). The zero-order valence-corrected chi connectivity index (χ0v) is 13.6. The summed E-state index contributed by atoms with van der Waals surface area (Å²) in [6.07, 6.45) is 3.53. The van der Waals surface area contributed by atoms with Crippen molar-refractivity contribution in [3.8, 4) is 0 Å². The molecular formula is C13H22N2O2S2. The number of hydrogen-bond donors (Lipinski definition) is 1. The highest BCUT2D eigenvalue weighted by Gasteiger charge is 2.40. The van der Waals surface area contributed by atoms with Crippen molar-refractivity contribution in [2.45, 2.75) is 50.8 Å². The minimum absolute atomic E-state index is 0.280. The van der Waals surface area contributed by atoms with Crippen LogP contribution in [0.4, 0.5) is 0 Å². The standard InChI is InChI=1S/C13H22N2O2S2/c1-10-9-14-11(18-10)13(5-7-17-8-6-13)15-19(16)12(2,3)4/h9,15H,5-8H2,1-4H3. The lowest BCUT2D eigenvalue weighted by Gasteiger charge is -2.37. The van der Waals surface area contributed by atoms with Gasteiger partial charge in [-0.1, -0.05) is 0 Å². The lowest BCUT2D eigenvalue weighted by molar-refractivity contribution is 0.0461. The van der Waals surface area contributed by atoms with Crippen molar-refractivity contribution in [1.29, 1.82) is 0 Å². The van der Waals surface area contributed by atoms with Crippen LogP contribution in [0.5, 0.6) is 0 Å². The van der Waals surface area contributed by atoms with Crippen LogP contribution in [0.25, 0.3) is 0 Å². The van der Waals surface area contributed by atoms with Crippen LogP contribution >= 0.6 is 11.3 Å². The molecule has 4 nitrogen and oxygen atoms in total. The molecule has 1 aromatic heterocycles. The molecule has 108 valence electrons. The summed E-state index contributed by atoms with van der Waals surface area (Å²) in [5.74, 6) is 0. The van der Waals surface area contributed by atoms with Gasteiger partial charge in [-0.3, -0.25) is 0 Å². The molecule has 1 N–H and O–H groups in total. The Hall–Kier alpha value is -0.300. The van der Waals surface area contributed by atoms with Gasteiger partial charge in [-0.2, -0.15) is 0 Å². The molecule has 0 radical (unpaired) electrons. The SMILES string of the molecule is Cc1cnc(C2(NS(=O)C(C)(C)C)CCOCC2)s1. The molecule has 1 aliphatic rings. The number of aryl methyl sites for hydroxylation is 1. The maximum Gasteiger partial charge on any atom is 0.114 e. The number of nitrogens with one attached hydrogen (secondary N) is 1. The van der Waals surface area contributed by atoms with Gasteiger partial charge in [0.2, 0.25) is 0 Å². The van der Waals surface area contributed by atoms with Crippen LogP contribution in [0, 0.1) is 6.92 Å². The lowest BCUT2D eigenvalue weighted by Crippen LogP contribution is -2.50. The average molecular weight is 302 g/mol. The predicted molar refractivity (Wildman–Crippen MR) is 79.6 cm³/mol. The Labute approximate surface area is 121 Å². The van der Waals surface area contributed by atoms with Crippen LogP contribution in [0.3, 0.4) is 0 Å². The third kappa shape index (κ3) is 3.42. The van der Waals surface area contributed by atoms with E-state index in [1.807, 2.05) is 27.0 Å². The summed E-state index contributed by atoms with van der Waals surface area (Å²) in [5.41, 5.74) is -0.296. The summed E-state index contributed by atoms with van der Waals surface area (Å²) < 4.78 is 21.0. The van der Waals surface area contributed by atoms with Crippen LogP contribution in [0.15, 0.2) is 6.20 Å². The number of rotatable bonds is 3. The summed E-state index contributed by atoms with van der Waals surface area (Å²) in [7, 11) is -1.10. The van der Waals surface area contributed by atoms with Crippen molar-refractivity contribution in [2.75, 3.05) is 13.2 Å². The smallest absolute Gasteiger partial charge is 0.114 e. The average Bonchev–Trinajstić information content (AvgIpc) is 2.76. The highest BCUT2D eigenvalue weighted by Crippen LogP contribution is 2.35. The minimum atomic E-state index is -1.10. The van der Waals surface area contributed by atoms with E-state index in [4.69, 9.17) is 4.74 Å². The second-order valence-corrected chi connectivity index (χ2v) is 9.15. The summed E-state index contributed by atoms with van der Waals surface area (Å²) in [5, 5.41) is 1.03. The van der Waals surface area contributed by atoms with E-state index >= 15 is 0 Å². The predicted octanol–water partition coefficient (Wildman–Crippen LogP) is 2.51. The fourth-order valence-electron chi connectivity index (χ4n) is 1.99. The third-order valence-electron chi connectivity index (χ3n) is 3.22. The molecule has 1 atom stereocenters. The summed E-state index contributed by atoms with van der Waals surface area (Å²) in [4.78, 5) is 5.70. The van der Waals surface area contributed by atoms with E-state index in [0.29, 0.717) is 13.2 Å². The van der Waals surface area contributed by atoms with Gasteiger partial charge >= 0.3 is 0 Å². The van der Waals surface area contributed by atoms with E-state index in [0.717, 1.165) is 17.8 Å². The van der Waals surface area contributed by atoms with Crippen molar-refractivity contribution in [3.05, 3.63) is 16.1 Å². The van der Waals surface area contributed by atoms with Crippen LogP contribution in [0.1, 0.15) is 43.5 Å². The second-order valence-electron chi connectivity index (χ2n) is 5.95. The van der Waals surface area contributed by atoms with Gasteiger partial charge in [0, 0.05) is 24.3 Å². The van der Waals surface area contributed by atoms with Crippen molar-refractivity contribution < 1.29 is 8.95 Å². The summed E-state index contributed by atoms with van der Waals surface area (Å²) >= 11 is 1.68. The Morgan fingerprint density at radius 3 is 2.53 bits per heavy atom. The number of thiazole rings is 1. The molecule has 19 heavy (non-hydrogen) atoms. The first-order chi connectivity index (χ1) is 8.83. The molecule has 0 aromatic carbocycles. The number of hydrogen-bond acceptors (Lipinski definition) is 4. The van der Waals surface area contributed by atoms with Gasteiger partial charge in [0.15, 0.2) is 0 Å². The molecule has 1 unspecified atom stereocenters. The minimum Gasteiger partial charge on any atom is -0.381 e. The molecule has 6 heteroatoms. The molecular weight excluding hydrogens is 280 g/mol. The van der Waals surface area contributed by atoms with E-state index in [1.165, 1.54) is 4.88 Å². The van der Waals surface area contributed by atoms with Crippen LogP contribution in [-0.2, 0) is 21.3 Å². The van der Waals surface area contributed by atoms with Gasteiger partial charge in [0.25, 0.3) is 0 Å². The highest BCUT2D eigenvalue weighted by atomic mass is 32.2. The molecule has 0 saturated carbocycles. The van der Waals surface area contributed by atoms with Crippen molar-refractivity contribution >= 4 is 22.3 Å². The third-order valence-corrected chi connectivity index (χ3v) is 6.03. The van der Waals surface area contributed by atoms with Gasteiger partial charge in [0.1, 0.15) is 5.01 Å². The molecule has 0 amide bonds.